The fourth-order valence-electron chi connectivity index (χ4n) is 1.51. The zero-order valence-corrected chi connectivity index (χ0v) is 10.5. The maximum absolute atomic E-state index is 12.2. The van der Waals surface area contributed by atoms with Crippen molar-refractivity contribution >= 4 is 23.3 Å². The Hall–Kier alpha value is -2.08. The van der Waals surface area contributed by atoms with E-state index in [1.807, 2.05) is 0 Å². The largest absolute Gasteiger partial charge is 0.384 e. The number of amides is 1. The van der Waals surface area contributed by atoms with Gasteiger partial charge in [0.1, 0.15) is 11.6 Å². The minimum atomic E-state index is -0.231. The van der Waals surface area contributed by atoms with Crippen LogP contribution < -0.4 is 5.73 Å². The summed E-state index contributed by atoms with van der Waals surface area (Å²) in [7, 11) is 1.66. The van der Waals surface area contributed by atoms with E-state index in [4.69, 9.17) is 17.3 Å². The lowest BCUT2D eigenvalue weighted by molar-refractivity contribution is 0.0782. The van der Waals surface area contributed by atoms with Gasteiger partial charge in [-0.1, -0.05) is 11.6 Å². The number of nitrogens with zero attached hydrogens (tertiary/aromatic N) is 3. The van der Waals surface area contributed by atoms with Crippen molar-refractivity contribution in [3.63, 3.8) is 0 Å². The van der Waals surface area contributed by atoms with Crippen LogP contribution in [0.3, 0.4) is 0 Å². The third-order valence-corrected chi connectivity index (χ3v) is 2.70. The molecule has 18 heavy (non-hydrogen) atoms. The van der Waals surface area contributed by atoms with Gasteiger partial charge < -0.3 is 15.6 Å². The highest BCUT2D eigenvalue weighted by atomic mass is 35.5. The van der Waals surface area contributed by atoms with Gasteiger partial charge in [-0.25, -0.2) is 9.97 Å². The van der Waals surface area contributed by atoms with E-state index in [9.17, 15) is 4.79 Å². The second-order valence-electron chi connectivity index (χ2n) is 3.79. The maximum Gasteiger partial charge on any atom is 0.255 e. The molecule has 0 aliphatic carbocycles. The van der Waals surface area contributed by atoms with E-state index in [0.29, 0.717) is 17.9 Å². The van der Waals surface area contributed by atoms with Gasteiger partial charge in [0.15, 0.2) is 0 Å². The van der Waals surface area contributed by atoms with Crippen molar-refractivity contribution in [3.8, 4) is 0 Å². The first-order valence-corrected chi connectivity index (χ1v) is 5.60. The molecule has 0 fully saturated rings. The number of hydrogen-bond donors (Lipinski definition) is 2. The van der Waals surface area contributed by atoms with Crippen LogP contribution in [0.25, 0.3) is 0 Å². The van der Waals surface area contributed by atoms with Crippen LogP contribution in [0.1, 0.15) is 16.2 Å². The molecule has 0 spiro atoms. The Balaban J connectivity index is 2.17. The molecule has 2 heterocycles. The molecule has 6 nitrogen and oxygen atoms in total. The van der Waals surface area contributed by atoms with E-state index in [1.54, 1.807) is 19.4 Å². The maximum atomic E-state index is 12.2. The second-order valence-corrected chi connectivity index (χ2v) is 4.19. The summed E-state index contributed by atoms with van der Waals surface area (Å²) in [5, 5.41) is 0.278. The summed E-state index contributed by atoms with van der Waals surface area (Å²) < 4.78 is 0. The van der Waals surface area contributed by atoms with Gasteiger partial charge in [-0.05, 0) is 6.07 Å². The zero-order chi connectivity index (χ0) is 13.1. The molecule has 7 heteroatoms. The highest BCUT2D eigenvalue weighted by Gasteiger charge is 2.16. The number of halogens is 1. The first kappa shape index (κ1) is 12.4. The van der Waals surface area contributed by atoms with Crippen LogP contribution in [0.4, 0.5) is 5.82 Å². The van der Waals surface area contributed by atoms with E-state index in [-0.39, 0.29) is 16.7 Å². The summed E-state index contributed by atoms with van der Waals surface area (Å²) in [6.45, 7) is 0.365. The number of pyridine rings is 1. The number of hydrogen-bond acceptors (Lipinski definition) is 4. The molecule has 0 aliphatic rings. The highest BCUT2D eigenvalue weighted by molar-refractivity contribution is 6.33. The smallest absolute Gasteiger partial charge is 0.255 e. The Kier molecular flexibility index (Phi) is 3.47. The molecule has 2 aromatic rings. The van der Waals surface area contributed by atoms with Crippen LogP contribution in [0, 0.1) is 0 Å². The quantitative estimate of drug-likeness (QED) is 0.876. The Bertz CT molecular complexity index is 555. The molecule has 0 unspecified atom stereocenters. The topological polar surface area (TPSA) is 87.9 Å². The number of aromatic amines is 1. The average Bonchev–Trinajstić information content (AvgIpc) is 2.84. The monoisotopic (exact) mass is 265 g/mol. The van der Waals surface area contributed by atoms with Crippen LogP contribution in [0.2, 0.25) is 5.02 Å². The molecule has 3 N–H and O–H groups in total. The lowest BCUT2D eigenvalue weighted by atomic mass is 10.2. The first-order valence-electron chi connectivity index (χ1n) is 5.22. The summed E-state index contributed by atoms with van der Waals surface area (Å²) in [4.78, 5) is 24.5. The molecular formula is C11H12ClN5O. The number of rotatable bonds is 3. The first-order chi connectivity index (χ1) is 8.58. The number of H-pyrrole nitrogens is 1. The van der Waals surface area contributed by atoms with Gasteiger partial charge in [0, 0.05) is 25.6 Å². The number of imidazole rings is 1. The fourth-order valence-corrected chi connectivity index (χ4v) is 1.69. The van der Waals surface area contributed by atoms with Crippen LogP contribution >= 0.6 is 11.6 Å². The van der Waals surface area contributed by atoms with Crippen molar-refractivity contribution in [3.05, 3.63) is 41.1 Å². The molecule has 0 radical (unpaired) electrons. The molecule has 0 aromatic carbocycles. The number of nitrogens with two attached hydrogens (primary N) is 1. The van der Waals surface area contributed by atoms with E-state index < -0.39 is 0 Å². The van der Waals surface area contributed by atoms with Gasteiger partial charge in [0.05, 0.1) is 17.1 Å². The number of carbonyl (C=O) groups is 1. The highest BCUT2D eigenvalue weighted by Crippen LogP contribution is 2.18. The molecule has 94 valence electrons. The van der Waals surface area contributed by atoms with Crippen LogP contribution in [0.15, 0.2) is 24.7 Å². The van der Waals surface area contributed by atoms with Gasteiger partial charge in [-0.15, -0.1) is 0 Å². The van der Waals surface area contributed by atoms with Gasteiger partial charge in [-0.3, -0.25) is 4.79 Å². The Morgan fingerprint density at radius 1 is 1.56 bits per heavy atom. The summed E-state index contributed by atoms with van der Waals surface area (Å²) in [5.74, 6) is 0.726. The predicted molar refractivity (Wildman–Crippen MR) is 68.0 cm³/mol. The number of carbonyl (C=O) groups excluding carboxylic acids is 1. The van der Waals surface area contributed by atoms with E-state index in [2.05, 4.69) is 15.0 Å². The molecular weight excluding hydrogens is 254 g/mol. The molecule has 0 saturated carbocycles. The SMILES string of the molecule is CN(Cc1ncc[nH]1)C(=O)c1cc(N)ncc1Cl. The standard InChI is InChI=1S/C11H12ClN5O/c1-17(6-10-14-2-3-15-10)11(18)7-4-9(13)16-5-8(7)12/h2-5H,6H2,1H3,(H2,13,16)(H,14,15). The Morgan fingerprint density at radius 2 is 2.33 bits per heavy atom. The van der Waals surface area contributed by atoms with Crippen molar-refractivity contribution in [2.24, 2.45) is 0 Å². The molecule has 0 atom stereocenters. The summed E-state index contributed by atoms with van der Waals surface area (Å²) >= 11 is 5.93. The third kappa shape index (κ3) is 2.60. The second kappa shape index (κ2) is 5.05. The third-order valence-electron chi connectivity index (χ3n) is 2.40. The number of nitrogen functional groups attached to an aromatic ring is 1. The minimum Gasteiger partial charge on any atom is -0.384 e. The molecule has 1 amide bonds. The van der Waals surface area contributed by atoms with Crippen molar-refractivity contribution < 1.29 is 4.79 Å². The summed E-state index contributed by atoms with van der Waals surface area (Å²) in [5.41, 5.74) is 5.87. The van der Waals surface area contributed by atoms with E-state index in [1.165, 1.54) is 17.2 Å². The number of aromatic nitrogens is 3. The van der Waals surface area contributed by atoms with Gasteiger partial charge in [-0.2, -0.15) is 0 Å². The van der Waals surface area contributed by atoms with Gasteiger partial charge >= 0.3 is 0 Å². The molecule has 2 aromatic heterocycles. The average molecular weight is 266 g/mol. The zero-order valence-electron chi connectivity index (χ0n) is 9.72. The molecule has 0 aliphatic heterocycles. The lowest BCUT2D eigenvalue weighted by Gasteiger charge is -2.16. The minimum absolute atomic E-state index is 0.231. The van der Waals surface area contributed by atoms with E-state index in [0.717, 1.165) is 0 Å². The number of nitrogens with one attached hydrogen (secondary N) is 1. The Labute approximate surface area is 109 Å². The lowest BCUT2D eigenvalue weighted by Crippen LogP contribution is -2.27. The van der Waals surface area contributed by atoms with E-state index >= 15 is 0 Å². The molecule has 0 bridgehead atoms. The van der Waals surface area contributed by atoms with Gasteiger partial charge in [0.25, 0.3) is 5.91 Å². The summed E-state index contributed by atoms with van der Waals surface area (Å²) in [6, 6.07) is 1.46. The van der Waals surface area contributed by atoms with Crippen LogP contribution in [0.5, 0.6) is 0 Å². The van der Waals surface area contributed by atoms with Crippen molar-refractivity contribution in [2.45, 2.75) is 6.54 Å². The van der Waals surface area contributed by atoms with Crippen LogP contribution in [-0.4, -0.2) is 32.8 Å². The van der Waals surface area contributed by atoms with Crippen LogP contribution in [-0.2, 0) is 6.54 Å². The predicted octanol–water partition coefficient (Wildman–Crippen LogP) is 1.31. The van der Waals surface area contributed by atoms with Gasteiger partial charge in [0.2, 0.25) is 0 Å². The van der Waals surface area contributed by atoms with Crippen molar-refractivity contribution in [1.29, 1.82) is 0 Å². The molecule has 2 rings (SSSR count). The fraction of sp³-hybridized carbons (Fsp3) is 0.182. The van der Waals surface area contributed by atoms with Crippen molar-refractivity contribution in [2.75, 3.05) is 12.8 Å². The summed E-state index contributed by atoms with van der Waals surface area (Å²) in [6.07, 6.45) is 4.70. The normalized spacial score (nSPS) is 10.3. The van der Waals surface area contributed by atoms with Crippen molar-refractivity contribution in [1.82, 2.24) is 19.9 Å². The molecule has 0 saturated heterocycles. The Morgan fingerprint density at radius 3 is 3.00 bits per heavy atom. The number of anilines is 1.